The molecular formula is C23H22N4O. The maximum atomic E-state index is 12.6. The number of H-pyrrole nitrogens is 2. The van der Waals surface area contributed by atoms with Crippen molar-refractivity contribution in [3.63, 3.8) is 0 Å². The molecule has 4 aromatic rings. The van der Waals surface area contributed by atoms with Gasteiger partial charge in [-0.2, -0.15) is 0 Å². The molecule has 2 aromatic carbocycles. The van der Waals surface area contributed by atoms with Gasteiger partial charge in [0.2, 0.25) is 0 Å². The van der Waals surface area contributed by atoms with Gasteiger partial charge in [-0.15, -0.1) is 0 Å². The van der Waals surface area contributed by atoms with Crippen LogP contribution in [0.15, 0.2) is 59.5 Å². The largest absolute Gasteiger partial charge is 0.361 e. The molecule has 0 spiro atoms. The van der Waals surface area contributed by atoms with E-state index in [1.165, 1.54) is 22.0 Å². The first-order valence-corrected chi connectivity index (χ1v) is 9.64. The van der Waals surface area contributed by atoms with Crippen molar-refractivity contribution in [3.8, 4) is 11.4 Å². The molecule has 5 nitrogen and oxygen atoms in total. The number of aromatic amines is 2. The van der Waals surface area contributed by atoms with Crippen LogP contribution in [0, 0.1) is 6.92 Å². The zero-order valence-electron chi connectivity index (χ0n) is 15.8. The first-order valence-electron chi connectivity index (χ1n) is 9.64. The Morgan fingerprint density at radius 2 is 1.96 bits per heavy atom. The minimum Gasteiger partial charge on any atom is -0.361 e. The van der Waals surface area contributed by atoms with Gasteiger partial charge < -0.3 is 9.97 Å². The van der Waals surface area contributed by atoms with Crippen LogP contribution in [0.2, 0.25) is 0 Å². The molecule has 140 valence electrons. The van der Waals surface area contributed by atoms with Crippen molar-refractivity contribution in [2.45, 2.75) is 26.4 Å². The van der Waals surface area contributed by atoms with Crippen LogP contribution in [-0.4, -0.2) is 26.4 Å². The third kappa shape index (κ3) is 3.04. The van der Waals surface area contributed by atoms with Crippen LogP contribution in [0.3, 0.4) is 0 Å². The van der Waals surface area contributed by atoms with Crippen molar-refractivity contribution in [3.05, 3.63) is 87.5 Å². The summed E-state index contributed by atoms with van der Waals surface area (Å²) >= 11 is 0. The molecule has 5 rings (SSSR count). The van der Waals surface area contributed by atoms with Gasteiger partial charge in [0, 0.05) is 42.5 Å². The second-order valence-electron chi connectivity index (χ2n) is 7.53. The van der Waals surface area contributed by atoms with Crippen LogP contribution < -0.4 is 5.56 Å². The Morgan fingerprint density at radius 1 is 1.11 bits per heavy atom. The molecule has 3 heterocycles. The molecule has 0 bridgehead atoms. The SMILES string of the molecule is Cc1ccc(-c2nc3c(c(=O)[nH]2)CCN(Cc2cccc4cc[nH]c24)C3)cc1. The highest BCUT2D eigenvalue weighted by atomic mass is 16.1. The average molecular weight is 370 g/mol. The number of nitrogens with one attached hydrogen (secondary N) is 2. The van der Waals surface area contributed by atoms with E-state index >= 15 is 0 Å². The van der Waals surface area contributed by atoms with Crippen LogP contribution in [-0.2, 0) is 19.5 Å². The fourth-order valence-electron chi connectivity index (χ4n) is 4.00. The second-order valence-corrected chi connectivity index (χ2v) is 7.53. The summed E-state index contributed by atoms with van der Waals surface area (Å²) < 4.78 is 0. The average Bonchev–Trinajstić information content (AvgIpc) is 3.18. The number of para-hydroxylation sites is 1. The fourth-order valence-corrected chi connectivity index (χ4v) is 4.00. The highest BCUT2D eigenvalue weighted by Gasteiger charge is 2.22. The summed E-state index contributed by atoms with van der Waals surface area (Å²) in [6.45, 7) is 4.44. The van der Waals surface area contributed by atoms with Gasteiger partial charge in [0.15, 0.2) is 0 Å². The Balaban J connectivity index is 1.45. The monoisotopic (exact) mass is 370 g/mol. The van der Waals surface area contributed by atoms with E-state index < -0.39 is 0 Å². The number of hydrogen-bond acceptors (Lipinski definition) is 3. The number of aryl methyl sites for hydroxylation is 1. The number of rotatable bonds is 3. The van der Waals surface area contributed by atoms with Gasteiger partial charge in [0.05, 0.1) is 5.69 Å². The van der Waals surface area contributed by atoms with E-state index in [9.17, 15) is 4.79 Å². The zero-order valence-corrected chi connectivity index (χ0v) is 15.8. The summed E-state index contributed by atoms with van der Waals surface area (Å²) in [4.78, 5) is 26.1. The van der Waals surface area contributed by atoms with Crippen molar-refractivity contribution >= 4 is 10.9 Å². The summed E-state index contributed by atoms with van der Waals surface area (Å²) in [6, 6.07) is 16.6. The van der Waals surface area contributed by atoms with E-state index in [2.05, 4.69) is 46.1 Å². The summed E-state index contributed by atoms with van der Waals surface area (Å²) in [5, 5.41) is 1.23. The summed E-state index contributed by atoms with van der Waals surface area (Å²) in [5.41, 5.74) is 6.30. The molecule has 1 aliphatic rings. The number of nitrogens with zero attached hydrogens (tertiary/aromatic N) is 2. The first-order chi connectivity index (χ1) is 13.7. The third-order valence-electron chi connectivity index (χ3n) is 5.55. The topological polar surface area (TPSA) is 64.8 Å². The van der Waals surface area contributed by atoms with Gasteiger partial charge in [-0.3, -0.25) is 9.69 Å². The molecule has 0 saturated carbocycles. The molecule has 0 unspecified atom stereocenters. The molecule has 28 heavy (non-hydrogen) atoms. The predicted octanol–water partition coefficient (Wildman–Crippen LogP) is 3.78. The number of aromatic nitrogens is 3. The van der Waals surface area contributed by atoms with Gasteiger partial charge in [-0.05, 0) is 30.4 Å². The summed E-state index contributed by atoms with van der Waals surface area (Å²) in [7, 11) is 0. The Kier molecular flexibility index (Phi) is 4.10. The Morgan fingerprint density at radius 3 is 2.82 bits per heavy atom. The molecular weight excluding hydrogens is 348 g/mol. The van der Waals surface area contributed by atoms with Crippen LogP contribution in [0.5, 0.6) is 0 Å². The Bertz CT molecular complexity index is 1200. The smallest absolute Gasteiger partial charge is 0.254 e. The van der Waals surface area contributed by atoms with Crippen molar-refractivity contribution in [1.82, 2.24) is 19.9 Å². The van der Waals surface area contributed by atoms with Crippen LogP contribution in [0.25, 0.3) is 22.3 Å². The van der Waals surface area contributed by atoms with Crippen molar-refractivity contribution in [1.29, 1.82) is 0 Å². The standard InChI is InChI=1S/C23H22N4O/c1-15-5-7-17(8-6-15)22-25-20-14-27(12-10-19(20)23(28)26-22)13-18-4-2-3-16-9-11-24-21(16)18/h2-9,11,24H,10,12-14H2,1H3,(H,25,26,28). The maximum absolute atomic E-state index is 12.6. The molecule has 5 heteroatoms. The molecule has 0 radical (unpaired) electrons. The van der Waals surface area contributed by atoms with Gasteiger partial charge in [-0.1, -0.05) is 48.0 Å². The fraction of sp³-hybridized carbons (Fsp3) is 0.217. The van der Waals surface area contributed by atoms with E-state index in [4.69, 9.17) is 4.98 Å². The van der Waals surface area contributed by atoms with Crippen LogP contribution >= 0.6 is 0 Å². The third-order valence-corrected chi connectivity index (χ3v) is 5.55. The van der Waals surface area contributed by atoms with E-state index in [-0.39, 0.29) is 5.56 Å². The van der Waals surface area contributed by atoms with Crippen LogP contribution in [0.4, 0.5) is 0 Å². The minimum absolute atomic E-state index is 0.00769. The molecule has 0 saturated heterocycles. The minimum atomic E-state index is -0.00769. The van der Waals surface area contributed by atoms with Gasteiger partial charge >= 0.3 is 0 Å². The van der Waals surface area contributed by atoms with Crippen molar-refractivity contribution < 1.29 is 0 Å². The lowest BCUT2D eigenvalue weighted by molar-refractivity contribution is 0.241. The Labute approximate surface area is 163 Å². The van der Waals surface area contributed by atoms with E-state index in [1.54, 1.807) is 0 Å². The zero-order chi connectivity index (χ0) is 19.1. The molecule has 1 aliphatic heterocycles. The highest BCUT2D eigenvalue weighted by molar-refractivity contribution is 5.82. The van der Waals surface area contributed by atoms with Crippen molar-refractivity contribution in [2.24, 2.45) is 0 Å². The van der Waals surface area contributed by atoms with E-state index in [0.29, 0.717) is 12.4 Å². The van der Waals surface area contributed by atoms with E-state index in [0.717, 1.165) is 36.3 Å². The lowest BCUT2D eigenvalue weighted by Crippen LogP contribution is -2.35. The summed E-state index contributed by atoms with van der Waals surface area (Å²) in [6.07, 6.45) is 2.71. The van der Waals surface area contributed by atoms with E-state index in [1.807, 2.05) is 30.5 Å². The molecule has 0 amide bonds. The van der Waals surface area contributed by atoms with Gasteiger partial charge in [0.1, 0.15) is 5.82 Å². The maximum Gasteiger partial charge on any atom is 0.254 e. The lowest BCUT2D eigenvalue weighted by atomic mass is 10.0. The number of benzene rings is 2. The van der Waals surface area contributed by atoms with Crippen molar-refractivity contribution in [2.75, 3.05) is 6.54 Å². The lowest BCUT2D eigenvalue weighted by Gasteiger charge is -2.28. The van der Waals surface area contributed by atoms with Crippen LogP contribution in [0.1, 0.15) is 22.4 Å². The van der Waals surface area contributed by atoms with Gasteiger partial charge in [-0.25, -0.2) is 4.98 Å². The number of fused-ring (bicyclic) bond motifs is 2. The Hall–Kier alpha value is -3.18. The molecule has 2 N–H and O–H groups in total. The highest BCUT2D eigenvalue weighted by Crippen LogP contribution is 2.23. The first kappa shape index (κ1) is 17.0. The molecule has 0 fully saturated rings. The van der Waals surface area contributed by atoms with Gasteiger partial charge in [0.25, 0.3) is 5.56 Å². The molecule has 2 aromatic heterocycles. The normalized spacial score (nSPS) is 14.3. The molecule has 0 aliphatic carbocycles. The number of hydrogen-bond donors (Lipinski definition) is 2. The summed E-state index contributed by atoms with van der Waals surface area (Å²) in [5.74, 6) is 0.650. The predicted molar refractivity (Wildman–Crippen MR) is 111 cm³/mol. The molecule has 0 atom stereocenters. The second kappa shape index (κ2) is 6.77. The quantitative estimate of drug-likeness (QED) is 0.577.